The summed E-state index contributed by atoms with van der Waals surface area (Å²) in [5.74, 6) is 0. The fraction of sp³-hybridized carbons (Fsp3) is 0.769. The van der Waals surface area contributed by atoms with Gasteiger partial charge in [-0.25, -0.2) is 5.06 Å². The van der Waals surface area contributed by atoms with Crippen molar-refractivity contribution in [2.75, 3.05) is 26.7 Å². The Hall–Kier alpha value is -0.870. The van der Waals surface area contributed by atoms with Gasteiger partial charge in [-0.2, -0.15) is 0 Å². The molecule has 0 aliphatic carbocycles. The van der Waals surface area contributed by atoms with Crippen LogP contribution < -0.4 is 0 Å². The summed E-state index contributed by atoms with van der Waals surface area (Å²) >= 11 is 0. The zero-order chi connectivity index (χ0) is 13.3. The molecule has 1 amide bonds. The first-order valence-electron chi connectivity index (χ1n) is 6.39. The molecule has 1 unspecified atom stereocenters. The van der Waals surface area contributed by atoms with Crippen LogP contribution in [0, 0.1) is 0 Å². The Kier molecular flexibility index (Phi) is 8.72. The normalized spacial score (nSPS) is 20.1. The molecule has 1 aliphatic heterocycles. The highest BCUT2D eigenvalue weighted by Crippen LogP contribution is 2.12. The van der Waals surface area contributed by atoms with Crippen molar-refractivity contribution in [3.63, 3.8) is 0 Å². The van der Waals surface area contributed by atoms with Gasteiger partial charge in [0, 0.05) is 13.1 Å². The van der Waals surface area contributed by atoms with E-state index in [1.54, 1.807) is 0 Å². The average molecular weight is 242 g/mol. The number of hydroxylamine groups is 2. The molecule has 1 heterocycles. The van der Waals surface area contributed by atoms with Crippen molar-refractivity contribution in [2.45, 2.75) is 40.2 Å². The molecule has 100 valence electrons. The summed E-state index contributed by atoms with van der Waals surface area (Å²) in [7, 11) is 2.05. The van der Waals surface area contributed by atoms with Crippen LogP contribution in [0.25, 0.3) is 0 Å². The van der Waals surface area contributed by atoms with E-state index in [4.69, 9.17) is 4.84 Å². The van der Waals surface area contributed by atoms with Crippen molar-refractivity contribution >= 4 is 6.41 Å². The summed E-state index contributed by atoms with van der Waals surface area (Å²) in [6.07, 6.45) is 3.78. The lowest BCUT2D eigenvalue weighted by molar-refractivity contribution is -0.183. The number of hydrogen-bond donors (Lipinski definition) is 0. The van der Waals surface area contributed by atoms with Crippen LogP contribution in [0.5, 0.6) is 0 Å². The van der Waals surface area contributed by atoms with Gasteiger partial charge in [-0.15, -0.1) is 0 Å². The van der Waals surface area contributed by atoms with Crippen LogP contribution >= 0.6 is 0 Å². The van der Waals surface area contributed by atoms with Crippen molar-refractivity contribution < 1.29 is 9.63 Å². The molecule has 4 nitrogen and oxygen atoms in total. The molecule has 0 aromatic carbocycles. The summed E-state index contributed by atoms with van der Waals surface area (Å²) in [4.78, 5) is 18.4. The average Bonchev–Trinajstić information content (AvgIpc) is 2.31. The predicted molar refractivity (Wildman–Crippen MR) is 70.5 cm³/mol. The van der Waals surface area contributed by atoms with Crippen LogP contribution in [0.1, 0.15) is 34.1 Å². The van der Waals surface area contributed by atoms with E-state index < -0.39 is 0 Å². The van der Waals surface area contributed by atoms with Crippen molar-refractivity contribution in [3.05, 3.63) is 11.6 Å². The van der Waals surface area contributed by atoms with E-state index in [-0.39, 0.29) is 6.04 Å². The van der Waals surface area contributed by atoms with Gasteiger partial charge >= 0.3 is 0 Å². The Morgan fingerprint density at radius 3 is 2.71 bits per heavy atom. The van der Waals surface area contributed by atoms with Gasteiger partial charge in [0.05, 0.1) is 12.6 Å². The number of carbonyl (C=O) groups is 1. The van der Waals surface area contributed by atoms with Gasteiger partial charge in [0.1, 0.15) is 0 Å². The number of amides is 1. The van der Waals surface area contributed by atoms with Crippen LogP contribution in [0.4, 0.5) is 0 Å². The molecule has 0 aromatic heterocycles. The number of nitrogens with zero attached hydrogens (tertiary/aromatic N) is 2. The van der Waals surface area contributed by atoms with E-state index >= 15 is 0 Å². The molecule has 0 radical (unpaired) electrons. The lowest BCUT2D eigenvalue weighted by Gasteiger charge is -2.33. The highest BCUT2D eigenvalue weighted by atomic mass is 16.7. The van der Waals surface area contributed by atoms with Crippen molar-refractivity contribution in [1.82, 2.24) is 9.96 Å². The standard InChI is InChI=1S/C11H20N2O2.C2H6/c1-4-5-15-13(9-14)11-6-10(2)7-12(3)8-11;1-2/h6,9,11H,4-5,7-8H2,1-3H3;1-2H3. The van der Waals surface area contributed by atoms with E-state index in [0.717, 1.165) is 25.9 Å². The fourth-order valence-electron chi connectivity index (χ4n) is 1.80. The Morgan fingerprint density at radius 1 is 1.59 bits per heavy atom. The van der Waals surface area contributed by atoms with E-state index in [2.05, 4.69) is 17.9 Å². The van der Waals surface area contributed by atoms with Crippen LogP contribution in [0.2, 0.25) is 0 Å². The number of carbonyl (C=O) groups excluding carboxylic acids is 1. The number of likely N-dealkylation sites (N-methyl/N-ethyl adjacent to an activating group) is 1. The number of hydrogen-bond acceptors (Lipinski definition) is 3. The highest BCUT2D eigenvalue weighted by molar-refractivity contribution is 5.46. The lowest BCUT2D eigenvalue weighted by Crippen LogP contribution is -2.44. The van der Waals surface area contributed by atoms with Crippen molar-refractivity contribution in [3.8, 4) is 0 Å². The minimum atomic E-state index is 0.0489. The summed E-state index contributed by atoms with van der Waals surface area (Å²) in [6.45, 7) is 10.5. The monoisotopic (exact) mass is 242 g/mol. The lowest BCUT2D eigenvalue weighted by atomic mass is 10.1. The topological polar surface area (TPSA) is 32.8 Å². The minimum absolute atomic E-state index is 0.0489. The molecule has 0 fully saturated rings. The molecule has 0 saturated carbocycles. The van der Waals surface area contributed by atoms with Gasteiger partial charge < -0.3 is 0 Å². The molecule has 0 N–H and O–H groups in total. The molecular formula is C13H26N2O2. The van der Waals surface area contributed by atoms with Gasteiger partial charge in [0.25, 0.3) is 0 Å². The molecule has 1 rings (SSSR count). The fourth-order valence-corrected chi connectivity index (χ4v) is 1.80. The second-order valence-corrected chi connectivity index (χ2v) is 4.08. The van der Waals surface area contributed by atoms with E-state index in [0.29, 0.717) is 6.61 Å². The van der Waals surface area contributed by atoms with Gasteiger partial charge in [-0.3, -0.25) is 14.5 Å². The number of rotatable bonds is 5. The Balaban J connectivity index is 0.00000121. The largest absolute Gasteiger partial charge is 0.300 e. The third-order valence-electron chi connectivity index (χ3n) is 2.37. The molecule has 0 bridgehead atoms. The van der Waals surface area contributed by atoms with Crippen molar-refractivity contribution in [2.24, 2.45) is 0 Å². The molecule has 4 heteroatoms. The summed E-state index contributed by atoms with van der Waals surface area (Å²) in [6, 6.07) is 0.0489. The molecular weight excluding hydrogens is 216 g/mol. The van der Waals surface area contributed by atoms with E-state index in [1.807, 2.05) is 27.8 Å². The first-order chi connectivity index (χ1) is 8.17. The SMILES string of the molecule is CC.CCCON(C=O)C1C=C(C)CN(C)C1. The first kappa shape index (κ1) is 16.1. The maximum absolute atomic E-state index is 10.9. The second-order valence-electron chi connectivity index (χ2n) is 4.08. The van der Waals surface area contributed by atoms with Gasteiger partial charge in [-0.05, 0) is 20.4 Å². The Bertz CT molecular complexity index is 242. The maximum Gasteiger partial charge on any atom is 0.233 e. The third-order valence-corrected chi connectivity index (χ3v) is 2.37. The highest BCUT2D eigenvalue weighted by Gasteiger charge is 2.21. The predicted octanol–water partition coefficient (Wildman–Crippen LogP) is 2.07. The molecule has 1 aliphatic rings. The minimum Gasteiger partial charge on any atom is -0.300 e. The van der Waals surface area contributed by atoms with Crippen molar-refractivity contribution in [1.29, 1.82) is 0 Å². The molecule has 0 aromatic rings. The summed E-state index contributed by atoms with van der Waals surface area (Å²) < 4.78 is 0. The molecule has 0 spiro atoms. The molecule has 0 saturated heterocycles. The van der Waals surface area contributed by atoms with Crippen LogP contribution in [0.3, 0.4) is 0 Å². The molecule has 17 heavy (non-hydrogen) atoms. The van der Waals surface area contributed by atoms with Gasteiger partial charge in [0.2, 0.25) is 6.41 Å². The van der Waals surface area contributed by atoms with Crippen LogP contribution in [-0.2, 0) is 9.63 Å². The molecule has 1 atom stereocenters. The maximum atomic E-state index is 10.9. The van der Waals surface area contributed by atoms with Gasteiger partial charge in [0.15, 0.2) is 0 Å². The van der Waals surface area contributed by atoms with Crippen LogP contribution in [0.15, 0.2) is 11.6 Å². The zero-order valence-electron chi connectivity index (χ0n) is 11.8. The summed E-state index contributed by atoms with van der Waals surface area (Å²) in [5, 5.41) is 1.42. The zero-order valence-corrected chi connectivity index (χ0v) is 11.8. The first-order valence-corrected chi connectivity index (χ1v) is 6.39. The van der Waals surface area contributed by atoms with Gasteiger partial charge in [-0.1, -0.05) is 32.4 Å². The Labute approximate surface area is 105 Å². The third kappa shape index (κ3) is 5.84. The van der Waals surface area contributed by atoms with E-state index in [1.165, 1.54) is 10.6 Å². The summed E-state index contributed by atoms with van der Waals surface area (Å²) in [5.41, 5.74) is 1.28. The quantitative estimate of drug-likeness (QED) is 0.420. The second kappa shape index (κ2) is 9.19. The Morgan fingerprint density at radius 2 is 2.24 bits per heavy atom. The van der Waals surface area contributed by atoms with E-state index in [9.17, 15) is 4.79 Å². The smallest absolute Gasteiger partial charge is 0.233 e. The van der Waals surface area contributed by atoms with Crippen LogP contribution in [-0.4, -0.2) is 49.2 Å².